The molecule has 0 spiro atoms. The van der Waals surface area contributed by atoms with Crippen LogP contribution in [0.4, 0.5) is 5.13 Å². The number of alkyl halides is 1. The summed E-state index contributed by atoms with van der Waals surface area (Å²) in [6.07, 6.45) is -0.455. The maximum absolute atomic E-state index is 14.9. The minimum atomic E-state index is -4.39. The molecule has 0 bridgehead atoms. The lowest BCUT2D eigenvalue weighted by Gasteiger charge is -2.36. The van der Waals surface area contributed by atoms with Crippen LogP contribution in [0.15, 0.2) is 107 Å². The number of benzene rings is 5. The van der Waals surface area contributed by atoms with E-state index in [0.717, 1.165) is 39.2 Å². The Hall–Kier alpha value is -5.71. The van der Waals surface area contributed by atoms with E-state index in [1.54, 1.807) is 43.3 Å². The first-order chi connectivity index (χ1) is 33.3. The predicted molar refractivity (Wildman–Crippen MR) is 267 cm³/mol. The van der Waals surface area contributed by atoms with Crippen LogP contribution in [0.2, 0.25) is 10.0 Å². The van der Waals surface area contributed by atoms with E-state index in [1.165, 1.54) is 11.4 Å². The van der Waals surface area contributed by atoms with Crippen LogP contribution in [-0.4, -0.2) is 80.5 Å². The second kappa shape index (κ2) is 22.4. The molecule has 2 aliphatic heterocycles. The highest BCUT2D eigenvalue weighted by Gasteiger charge is 2.43. The Morgan fingerprint density at radius 3 is 2.35 bits per heavy atom. The van der Waals surface area contributed by atoms with Crippen LogP contribution >= 0.6 is 50.5 Å². The lowest BCUT2D eigenvalue weighted by atomic mass is 9.93. The van der Waals surface area contributed by atoms with E-state index in [2.05, 4.69) is 37.6 Å². The summed E-state index contributed by atoms with van der Waals surface area (Å²) >= 11 is 16.5. The summed E-state index contributed by atoms with van der Waals surface area (Å²) in [5, 5.41) is 17.2. The van der Waals surface area contributed by atoms with Crippen LogP contribution in [0.5, 0.6) is 17.2 Å². The molecule has 8 rings (SSSR count). The van der Waals surface area contributed by atoms with Gasteiger partial charge in [-0.05, 0) is 101 Å². The van der Waals surface area contributed by atoms with Crippen LogP contribution in [-0.2, 0) is 55.1 Å². The van der Waals surface area contributed by atoms with Gasteiger partial charge in [-0.25, -0.2) is 18.2 Å². The number of thiazole rings is 1. The number of anilines is 1. The third-order valence-electron chi connectivity index (χ3n) is 11.5. The molecule has 3 unspecified atom stereocenters. The maximum Gasteiger partial charge on any atom is 0.328 e. The van der Waals surface area contributed by atoms with Gasteiger partial charge >= 0.3 is 5.97 Å². The molecule has 2 aliphatic rings. The maximum atomic E-state index is 14.9. The largest absolute Gasteiger partial charge is 0.489 e. The number of hydrogen-bond donors (Lipinski definition) is 2. The van der Waals surface area contributed by atoms with Gasteiger partial charge in [0.15, 0.2) is 26.9 Å². The summed E-state index contributed by atoms with van der Waals surface area (Å²) in [6, 6.07) is 30.7. The molecule has 0 saturated carbocycles. The van der Waals surface area contributed by atoms with Gasteiger partial charge in [0.25, 0.3) is 10.0 Å². The van der Waals surface area contributed by atoms with Crippen molar-refractivity contribution in [1.82, 2.24) is 14.6 Å². The Morgan fingerprint density at radius 2 is 1.65 bits per heavy atom. The number of nitriles is 1. The van der Waals surface area contributed by atoms with Crippen LogP contribution in [0.25, 0.3) is 11.1 Å². The molecule has 6 aromatic rings. The number of ether oxygens (including phenoxy) is 5. The third-order valence-corrected chi connectivity index (χ3v) is 16.2. The Bertz CT molecular complexity index is 2970. The Balaban J connectivity index is 1.03. The molecule has 0 aliphatic carbocycles. The van der Waals surface area contributed by atoms with Crippen molar-refractivity contribution in [3.05, 3.63) is 152 Å². The highest BCUT2D eigenvalue weighted by atomic mass is 79.9. The number of amides is 1. The van der Waals surface area contributed by atoms with Crippen molar-refractivity contribution < 1.29 is 41.7 Å². The van der Waals surface area contributed by atoms with Crippen LogP contribution in [0.3, 0.4) is 0 Å². The molecule has 0 saturated heterocycles. The zero-order valence-electron chi connectivity index (χ0n) is 37.4. The first-order valence-corrected chi connectivity index (χ1v) is 25.9. The molecule has 3 atom stereocenters. The number of nitrogens with one attached hydrogen (secondary N) is 2. The van der Waals surface area contributed by atoms with Gasteiger partial charge in [0.1, 0.15) is 31.0 Å². The lowest BCUT2D eigenvalue weighted by molar-refractivity contribution is -0.145. The van der Waals surface area contributed by atoms with Gasteiger partial charge in [-0.15, -0.1) is 0 Å². The summed E-state index contributed by atoms with van der Waals surface area (Å²) in [5.41, 5.74) is 6.35. The molecule has 19 heteroatoms. The Kier molecular flexibility index (Phi) is 16.1. The summed E-state index contributed by atoms with van der Waals surface area (Å²) in [4.78, 5) is 32.4. The number of methoxy groups -OCH3 is 1. The fourth-order valence-electron chi connectivity index (χ4n) is 7.94. The average Bonchev–Trinajstić information content (AvgIpc) is 3.76. The molecule has 69 heavy (non-hydrogen) atoms. The summed E-state index contributed by atoms with van der Waals surface area (Å²) in [5.74, 6) is 0.135. The lowest BCUT2D eigenvalue weighted by Crippen LogP contribution is -2.56. The van der Waals surface area contributed by atoms with E-state index >= 15 is 0 Å². The van der Waals surface area contributed by atoms with Gasteiger partial charge in [-0.1, -0.05) is 105 Å². The van der Waals surface area contributed by atoms with Crippen molar-refractivity contribution in [3.63, 3.8) is 0 Å². The van der Waals surface area contributed by atoms with Gasteiger partial charge < -0.3 is 34.3 Å². The number of aromatic nitrogens is 1. The Labute approximate surface area is 422 Å². The fourth-order valence-corrected chi connectivity index (χ4v) is 11.6. The number of rotatable bonds is 18. The number of carbonyl (C=O) groups is 2. The standard InChI is InChI=1S/C50H46BrCl2N5O9S2/c1-30-49(68-50(56-30)55-18-20-64-19-17-51)69(61,62)58-27-38-25-45-44(66-29-46(67-45)36-12-14-39(15-13-36)65-28-33-7-16-40(52)41(53)21-33)24-37(38)23-43(58)47(59)57-42(48(60)63-2)22-31-3-8-34(9-4-31)35-10-5-32(26-54)6-11-35/h3-16,21,24-25,42-43,46H,17-20,22-23,27-29H2,1-2H3,(H,55,56)(H,57,59). The van der Waals surface area contributed by atoms with Crippen LogP contribution in [0, 0.1) is 18.3 Å². The quantitative estimate of drug-likeness (QED) is 0.0475. The second-order valence-corrected chi connectivity index (χ2v) is 20.8. The average molecular weight is 1080 g/mol. The monoisotopic (exact) mass is 1070 g/mol. The van der Waals surface area contributed by atoms with Gasteiger partial charge in [-0.3, -0.25) is 4.79 Å². The molecule has 0 radical (unpaired) electrons. The van der Waals surface area contributed by atoms with Crippen molar-refractivity contribution in [2.75, 3.05) is 44.1 Å². The van der Waals surface area contributed by atoms with E-state index in [4.69, 9.17) is 46.9 Å². The SMILES string of the molecule is COC(=O)C(Cc1ccc(-c2ccc(C#N)cc2)cc1)NC(=O)C1Cc2cc3c(cc2CN1S(=O)(=O)c1sc(NCCOCCBr)nc1C)OC(c1ccc(OCc2ccc(Cl)c(Cl)c2)cc1)CO3. The van der Waals surface area contributed by atoms with Crippen molar-refractivity contribution in [3.8, 4) is 34.4 Å². The second-order valence-electron chi connectivity index (χ2n) is 16.2. The minimum absolute atomic E-state index is 0.0264. The number of carbonyl (C=O) groups excluding carboxylic acids is 2. The molecule has 0 fully saturated rings. The summed E-state index contributed by atoms with van der Waals surface area (Å²) in [7, 11) is -3.16. The highest BCUT2D eigenvalue weighted by molar-refractivity contribution is 9.09. The molecule has 5 aromatic carbocycles. The topological polar surface area (TPSA) is 178 Å². The summed E-state index contributed by atoms with van der Waals surface area (Å²) in [6.45, 7) is 3.22. The number of hydrogen-bond acceptors (Lipinski definition) is 13. The van der Waals surface area contributed by atoms with E-state index < -0.39 is 40.1 Å². The van der Waals surface area contributed by atoms with Crippen LogP contribution < -0.4 is 24.8 Å². The Morgan fingerprint density at radius 1 is 0.942 bits per heavy atom. The molecule has 358 valence electrons. The van der Waals surface area contributed by atoms with Gasteiger partial charge in [0, 0.05) is 24.8 Å². The van der Waals surface area contributed by atoms with E-state index in [1.807, 2.05) is 66.7 Å². The molecule has 3 heterocycles. The molecule has 1 amide bonds. The first-order valence-electron chi connectivity index (χ1n) is 21.8. The molecule has 2 N–H and O–H groups in total. The van der Waals surface area contributed by atoms with Crippen LogP contribution in [0.1, 0.15) is 45.2 Å². The van der Waals surface area contributed by atoms with Crippen molar-refractivity contribution in [2.45, 2.75) is 55.3 Å². The number of halogens is 3. The number of nitrogens with zero attached hydrogens (tertiary/aromatic N) is 3. The molecular weight excluding hydrogens is 1030 g/mol. The van der Waals surface area contributed by atoms with Gasteiger partial charge in [-0.2, -0.15) is 9.57 Å². The number of sulfonamides is 1. The van der Waals surface area contributed by atoms with Gasteiger partial charge in [0.05, 0.1) is 47.7 Å². The van der Waals surface area contributed by atoms with E-state index in [-0.39, 0.29) is 35.9 Å². The zero-order chi connectivity index (χ0) is 48.7. The number of aryl methyl sites for hydroxylation is 1. The summed E-state index contributed by atoms with van der Waals surface area (Å²) < 4.78 is 60.3. The van der Waals surface area contributed by atoms with E-state index in [0.29, 0.717) is 80.8 Å². The number of fused-ring (bicyclic) bond motifs is 2. The highest BCUT2D eigenvalue weighted by Crippen LogP contribution is 2.43. The predicted octanol–water partition coefficient (Wildman–Crippen LogP) is 9.23. The first kappa shape index (κ1) is 49.7. The van der Waals surface area contributed by atoms with Gasteiger partial charge in [0.2, 0.25) is 5.91 Å². The minimum Gasteiger partial charge on any atom is -0.489 e. The third kappa shape index (κ3) is 11.8. The van der Waals surface area contributed by atoms with Crippen molar-refractivity contribution in [1.29, 1.82) is 5.26 Å². The van der Waals surface area contributed by atoms with Crippen molar-refractivity contribution in [2.24, 2.45) is 0 Å². The smallest absolute Gasteiger partial charge is 0.328 e. The fraction of sp³-hybridized carbons (Fsp3) is 0.280. The molecule has 1 aromatic heterocycles. The zero-order valence-corrected chi connectivity index (χ0v) is 42.1. The molecular formula is C50H46BrCl2N5O9S2. The van der Waals surface area contributed by atoms with E-state index in [9.17, 15) is 23.3 Å². The van der Waals surface area contributed by atoms with Crippen molar-refractivity contribution >= 4 is 77.5 Å². The normalized spacial score (nSPS) is 15.9. The number of esters is 1. The molecule has 14 nitrogen and oxygen atoms in total.